The molecule has 0 aliphatic heterocycles. The van der Waals surface area contributed by atoms with Gasteiger partial charge < -0.3 is 14.4 Å². The fourth-order valence-corrected chi connectivity index (χ4v) is 5.72. The molecular formula is C38H26F2IrN2O-2. The van der Waals surface area contributed by atoms with E-state index < -0.39 is 5.92 Å². The average Bonchev–Trinajstić information content (AvgIpc) is 3.42. The molecule has 0 spiro atoms. The number of aryl methyl sites for hydroxylation is 2. The molecular weight excluding hydrogens is 731 g/mol. The smallest absolute Gasteiger partial charge is 0.246 e. The third-order valence-electron chi connectivity index (χ3n) is 7.97. The van der Waals surface area contributed by atoms with Crippen molar-refractivity contribution in [2.24, 2.45) is 0 Å². The monoisotopic (exact) mass is 757 g/mol. The minimum Gasteiger partial charge on any atom is -0.501 e. The van der Waals surface area contributed by atoms with Gasteiger partial charge in [0.25, 0.3) is 0 Å². The maximum atomic E-state index is 15.0. The Kier molecular flexibility index (Phi) is 7.98. The number of hydrogen-bond acceptors (Lipinski definition) is 3. The minimum absolute atomic E-state index is 0. The first kappa shape index (κ1) is 29.6. The van der Waals surface area contributed by atoms with Crippen molar-refractivity contribution in [3.63, 3.8) is 0 Å². The first-order chi connectivity index (χ1) is 20.9. The molecule has 1 radical (unpaired) electrons. The van der Waals surface area contributed by atoms with Crippen molar-refractivity contribution in [2.45, 2.75) is 26.2 Å². The van der Waals surface area contributed by atoms with Crippen molar-refractivity contribution >= 4 is 21.9 Å². The van der Waals surface area contributed by atoms with Crippen LogP contribution in [0.4, 0.5) is 8.78 Å². The van der Waals surface area contributed by atoms with Crippen molar-refractivity contribution in [3.8, 4) is 33.6 Å². The van der Waals surface area contributed by atoms with Crippen molar-refractivity contribution in [3.05, 3.63) is 144 Å². The van der Waals surface area contributed by atoms with Crippen LogP contribution in [0.15, 0.2) is 114 Å². The van der Waals surface area contributed by atoms with Gasteiger partial charge in [0, 0.05) is 44.3 Å². The number of fused-ring (bicyclic) bond motifs is 6. The second kappa shape index (κ2) is 11.9. The van der Waals surface area contributed by atoms with Gasteiger partial charge in [-0.05, 0) is 54.1 Å². The summed E-state index contributed by atoms with van der Waals surface area (Å²) in [5.74, 6) is -2.93. The number of rotatable bonds is 2. The molecule has 0 saturated carbocycles. The van der Waals surface area contributed by atoms with E-state index in [1.165, 1.54) is 0 Å². The number of furan rings is 1. The molecule has 0 bridgehead atoms. The van der Waals surface area contributed by atoms with Gasteiger partial charge in [-0.1, -0.05) is 88.3 Å². The number of aromatic nitrogens is 2. The molecule has 219 valence electrons. The molecule has 0 fully saturated rings. The normalized spacial score (nSPS) is 12.9. The summed E-state index contributed by atoms with van der Waals surface area (Å²) < 4.78 is 35.9. The quantitative estimate of drug-likeness (QED) is 0.165. The van der Waals surface area contributed by atoms with Crippen molar-refractivity contribution < 1.29 is 33.3 Å². The number of halogens is 2. The summed E-state index contributed by atoms with van der Waals surface area (Å²) >= 11 is 0. The fourth-order valence-electron chi connectivity index (χ4n) is 5.72. The molecule has 0 N–H and O–H groups in total. The van der Waals surface area contributed by atoms with E-state index in [1.54, 1.807) is 36.7 Å². The summed E-state index contributed by atoms with van der Waals surface area (Å²) in [6.07, 6.45) is 3.23. The molecule has 4 aromatic carbocycles. The number of benzene rings is 4. The topological polar surface area (TPSA) is 38.9 Å². The molecule has 0 atom stereocenters. The summed E-state index contributed by atoms with van der Waals surface area (Å²) in [6, 6.07) is 36.8. The van der Waals surface area contributed by atoms with Crippen molar-refractivity contribution in [2.75, 3.05) is 0 Å². The van der Waals surface area contributed by atoms with Crippen molar-refractivity contribution in [1.82, 2.24) is 9.97 Å². The molecule has 3 nitrogen and oxygen atoms in total. The number of pyridine rings is 2. The Hall–Kier alpha value is -4.51. The van der Waals surface area contributed by atoms with E-state index in [0.717, 1.165) is 49.9 Å². The van der Waals surface area contributed by atoms with Crippen LogP contribution in [0.3, 0.4) is 0 Å². The molecule has 8 rings (SSSR count). The van der Waals surface area contributed by atoms with Gasteiger partial charge in [-0.3, -0.25) is 0 Å². The summed E-state index contributed by atoms with van der Waals surface area (Å²) in [6.45, 7) is 3.92. The van der Waals surface area contributed by atoms with Crippen LogP contribution in [-0.2, 0) is 32.4 Å². The van der Waals surface area contributed by atoms with Gasteiger partial charge in [-0.25, -0.2) is 8.78 Å². The van der Waals surface area contributed by atoms with E-state index in [0.29, 0.717) is 22.4 Å². The van der Waals surface area contributed by atoms with E-state index in [2.05, 4.69) is 28.2 Å². The van der Waals surface area contributed by atoms with Crippen LogP contribution < -0.4 is 0 Å². The largest absolute Gasteiger partial charge is 0.501 e. The molecule has 0 saturated heterocycles. The van der Waals surface area contributed by atoms with Crippen LogP contribution in [0.5, 0.6) is 0 Å². The Bertz CT molecular complexity index is 2120. The Morgan fingerprint density at radius 1 is 0.727 bits per heavy atom. The molecule has 0 amide bonds. The standard InChI is InChI=1S/C21H16F2N.C17H10NO.Ir/c1-13-10-19(24-12-14(13)2)18-9-5-8-17-16-7-4-3-6-15(16)11-21(22,23)20(17)18;1-2-10-16-12(6-1)13-7-5-8-14(17(13)19-16)15-9-3-4-11-18-15;/h3-8,10,12H,11H2,1-2H3;1-7,9-11H;/q2*-1;. The van der Waals surface area contributed by atoms with Crippen LogP contribution in [-0.4, -0.2) is 9.97 Å². The van der Waals surface area contributed by atoms with Gasteiger partial charge in [0.05, 0.1) is 5.58 Å². The SMILES string of the molecule is Cc1cnc(-c2[c-]ccc3c2C(F)(F)Cc2ccccc2-3)cc1C.[Ir].[c-]1ccc2c(oc3ccccc32)c1-c1ccccn1. The summed E-state index contributed by atoms with van der Waals surface area (Å²) in [5.41, 5.74) is 8.74. The second-order valence-corrected chi connectivity index (χ2v) is 10.7. The zero-order chi connectivity index (χ0) is 29.6. The Morgan fingerprint density at radius 3 is 2.30 bits per heavy atom. The van der Waals surface area contributed by atoms with Crippen LogP contribution in [0.25, 0.3) is 55.6 Å². The predicted molar refractivity (Wildman–Crippen MR) is 167 cm³/mol. The van der Waals surface area contributed by atoms with Gasteiger partial charge >= 0.3 is 0 Å². The maximum absolute atomic E-state index is 15.0. The van der Waals surface area contributed by atoms with Gasteiger partial charge in [-0.2, -0.15) is 0 Å². The Labute approximate surface area is 268 Å². The number of nitrogens with zero attached hydrogens (tertiary/aromatic N) is 2. The van der Waals surface area contributed by atoms with Gasteiger partial charge in [0.2, 0.25) is 5.92 Å². The second-order valence-electron chi connectivity index (χ2n) is 10.7. The van der Waals surface area contributed by atoms with E-state index in [9.17, 15) is 8.78 Å². The van der Waals surface area contributed by atoms with Gasteiger partial charge in [-0.15, -0.1) is 42.0 Å². The number of para-hydroxylation sites is 1. The molecule has 3 heterocycles. The fraction of sp³-hybridized carbons (Fsp3) is 0.105. The summed E-state index contributed by atoms with van der Waals surface area (Å²) in [7, 11) is 0. The third-order valence-corrected chi connectivity index (χ3v) is 7.97. The van der Waals surface area contributed by atoms with Crippen molar-refractivity contribution in [1.29, 1.82) is 0 Å². The zero-order valence-corrected chi connectivity index (χ0v) is 26.4. The first-order valence-corrected chi connectivity index (χ1v) is 14.1. The van der Waals surface area contributed by atoms with E-state index in [4.69, 9.17) is 4.42 Å². The molecule has 0 unspecified atom stereocenters. The molecule has 7 aromatic rings. The third kappa shape index (κ3) is 5.25. The summed E-state index contributed by atoms with van der Waals surface area (Å²) in [4.78, 5) is 8.75. The van der Waals surface area contributed by atoms with Crippen LogP contribution in [0, 0.1) is 26.0 Å². The predicted octanol–water partition coefficient (Wildman–Crippen LogP) is 9.93. The first-order valence-electron chi connectivity index (χ1n) is 14.1. The molecule has 6 heteroatoms. The molecule has 1 aliphatic carbocycles. The molecule has 44 heavy (non-hydrogen) atoms. The van der Waals surface area contributed by atoms with E-state index in [1.807, 2.05) is 80.6 Å². The minimum atomic E-state index is -2.93. The molecule has 3 aromatic heterocycles. The zero-order valence-electron chi connectivity index (χ0n) is 24.0. The number of hydrogen-bond donors (Lipinski definition) is 0. The summed E-state index contributed by atoms with van der Waals surface area (Å²) in [5, 5.41) is 2.23. The van der Waals surface area contributed by atoms with Gasteiger partial charge in [0.1, 0.15) is 5.58 Å². The maximum Gasteiger partial charge on any atom is 0.246 e. The van der Waals surface area contributed by atoms with E-state index >= 15 is 0 Å². The Morgan fingerprint density at radius 2 is 1.48 bits per heavy atom. The number of alkyl halides is 2. The Balaban J connectivity index is 0.000000156. The van der Waals surface area contributed by atoms with Gasteiger partial charge in [0.15, 0.2) is 0 Å². The molecule has 1 aliphatic rings. The van der Waals surface area contributed by atoms with Crippen LogP contribution in [0.1, 0.15) is 22.3 Å². The van der Waals surface area contributed by atoms with Crippen LogP contribution >= 0.6 is 0 Å². The van der Waals surface area contributed by atoms with Crippen LogP contribution in [0.2, 0.25) is 0 Å². The average molecular weight is 757 g/mol. The van der Waals surface area contributed by atoms with E-state index in [-0.39, 0.29) is 32.1 Å².